The van der Waals surface area contributed by atoms with E-state index < -0.39 is 12.1 Å². The fourth-order valence-corrected chi connectivity index (χ4v) is 3.14. The van der Waals surface area contributed by atoms with E-state index in [4.69, 9.17) is 21.4 Å². The Morgan fingerprint density at radius 2 is 2.00 bits per heavy atom. The standard InChI is InChI=1S/C18H20ClN3O4/c1-11-17(19)12(2)22(20-11)14-5-3-13(4-6-14)18(25)21-7-8-26-15(10-21)9-16(23)24/h3-6,15H,7-10H2,1-2H3,(H,23,24). The van der Waals surface area contributed by atoms with Gasteiger partial charge in [0.05, 0.1) is 41.2 Å². The van der Waals surface area contributed by atoms with Crippen LogP contribution < -0.4 is 0 Å². The Labute approximate surface area is 156 Å². The van der Waals surface area contributed by atoms with Crippen LogP contribution in [0.15, 0.2) is 24.3 Å². The molecule has 2 aromatic rings. The SMILES string of the molecule is Cc1nn(-c2ccc(C(=O)N3CCOC(CC(=O)O)C3)cc2)c(C)c1Cl. The van der Waals surface area contributed by atoms with Gasteiger partial charge in [-0.15, -0.1) is 0 Å². The smallest absolute Gasteiger partial charge is 0.306 e. The summed E-state index contributed by atoms with van der Waals surface area (Å²) in [6.07, 6.45) is -0.581. The van der Waals surface area contributed by atoms with Crippen molar-refractivity contribution in [3.63, 3.8) is 0 Å². The first-order valence-electron chi connectivity index (χ1n) is 8.31. The van der Waals surface area contributed by atoms with Crippen molar-refractivity contribution in [2.24, 2.45) is 0 Å². The van der Waals surface area contributed by atoms with Crippen molar-refractivity contribution >= 4 is 23.5 Å². The number of carbonyl (C=O) groups excluding carboxylic acids is 1. The van der Waals surface area contributed by atoms with Gasteiger partial charge in [0.25, 0.3) is 5.91 Å². The second-order valence-corrected chi connectivity index (χ2v) is 6.66. The first-order chi connectivity index (χ1) is 12.4. The molecule has 1 fully saturated rings. The van der Waals surface area contributed by atoms with E-state index in [1.807, 2.05) is 26.0 Å². The molecule has 0 radical (unpaired) electrons. The van der Waals surface area contributed by atoms with Crippen molar-refractivity contribution in [2.45, 2.75) is 26.4 Å². The molecule has 0 spiro atoms. The Morgan fingerprint density at radius 1 is 1.31 bits per heavy atom. The van der Waals surface area contributed by atoms with Gasteiger partial charge in [-0.1, -0.05) is 11.6 Å². The Hall–Kier alpha value is -2.38. The normalized spacial score (nSPS) is 17.3. The molecule has 1 aliphatic heterocycles. The summed E-state index contributed by atoms with van der Waals surface area (Å²) in [4.78, 5) is 25.2. The summed E-state index contributed by atoms with van der Waals surface area (Å²) in [6.45, 7) is 4.79. The van der Waals surface area contributed by atoms with Crippen molar-refractivity contribution < 1.29 is 19.4 Å². The molecule has 1 aromatic heterocycles. The molecule has 2 heterocycles. The van der Waals surface area contributed by atoms with E-state index in [0.717, 1.165) is 17.1 Å². The minimum Gasteiger partial charge on any atom is -0.481 e. The van der Waals surface area contributed by atoms with Crippen LogP contribution in [0.5, 0.6) is 0 Å². The van der Waals surface area contributed by atoms with E-state index in [0.29, 0.717) is 23.7 Å². The number of carboxylic acids is 1. The van der Waals surface area contributed by atoms with E-state index in [1.165, 1.54) is 0 Å². The second kappa shape index (κ2) is 7.47. The molecular weight excluding hydrogens is 358 g/mol. The van der Waals surface area contributed by atoms with Crippen LogP contribution in [0.25, 0.3) is 5.69 Å². The average molecular weight is 378 g/mol. The third kappa shape index (κ3) is 3.73. The van der Waals surface area contributed by atoms with Crippen LogP contribution in [0.3, 0.4) is 0 Å². The van der Waals surface area contributed by atoms with Crippen LogP contribution in [0.4, 0.5) is 0 Å². The average Bonchev–Trinajstić information content (AvgIpc) is 2.88. The molecule has 8 heteroatoms. The van der Waals surface area contributed by atoms with Crippen LogP contribution in [-0.4, -0.2) is 57.5 Å². The summed E-state index contributed by atoms with van der Waals surface area (Å²) in [5, 5.41) is 13.9. The molecule has 0 bridgehead atoms. The lowest BCUT2D eigenvalue weighted by Crippen LogP contribution is -2.46. The van der Waals surface area contributed by atoms with Crippen molar-refractivity contribution in [2.75, 3.05) is 19.7 Å². The van der Waals surface area contributed by atoms with E-state index >= 15 is 0 Å². The number of hydrogen-bond donors (Lipinski definition) is 1. The van der Waals surface area contributed by atoms with E-state index in [-0.39, 0.29) is 18.9 Å². The van der Waals surface area contributed by atoms with Crippen molar-refractivity contribution in [3.8, 4) is 5.69 Å². The Kier molecular flexibility index (Phi) is 5.29. The molecule has 1 saturated heterocycles. The fraction of sp³-hybridized carbons (Fsp3) is 0.389. The fourth-order valence-electron chi connectivity index (χ4n) is 3.02. The number of aliphatic carboxylic acids is 1. The van der Waals surface area contributed by atoms with Crippen LogP contribution in [0, 0.1) is 13.8 Å². The number of morpholine rings is 1. The molecule has 138 valence electrons. The van der Waals surface area contributed by atoms with Gasteiger partial charge in [-0.3, -0.25) is 9.59 Å². The summed E-state index contributed by atoms with van der Waals surface area (Å²) in [5.74, 6) is -1.07. The maximum absolute atomic E-state index is 12.7. The number of carbonyl (C=O) groups is 2. The number of halogens is 1. The highest BCUT2D eigenvalue weighted by Gasteiger charge is 2.26. The molecule has 3 rings (SSSR count). The summed E-state index contributed by atoms with van der Waals surface area (Å²) in [5.41, 5.74) is 2.95. The molecule has 1 aliphatic rings. The minimum atomic E-state index is -0.933. The van der Waals surface area contributed by atoms with Gasteiger partial charge in [0.1, 0.15) is 0 Å². The molecule has 1 unspecified atom stereocenters. The Morgan fingerprint density at radius 3 is 2.58 bits per heavy atom. The largest absolute Gasteiger partial charge is 0.481 e. The lowest BCUT2D eigenvalue weighted by Gasteiger charge is -2.32. The Bertz CT molecular complexity index is 832. The van der Waals surface area contributed by atoms with Crippen LogP contribution in [-0.2, 0) is 9.53 Å². The number of nitrogens with zero attached hydrogens (tertiary/aromatic N) is 3. The van der Waals surface area contributed by atoms with Crippen LogP contribution in [0.1, 0.15) is 28.2 Å². The maximum atomic E-state index is 12.7. The molecule has 0 aliphatic carbocycles. The number of hydrogen-bond acceptors (Lipinski definition) is 4. The topological polar surface area (TPSA) is 84.7 Å². The van der Waals surface area contributed by atoms with Crippen molar-refractivity contribution in [1.29, 1.82) is 0 Å². The lowest BCUT2D eigenvalue weighted by molar-refractivity contribution is -0.141. The van der Waals surface area contributed by atoms with Gasteiger partial charge in [-0.25, -0.2) is 4.68 Å². The Balaban J connectivity index is 1.74. The second-order valence-electron chi connectivity index (χ2n) is 6.29. The maximum Gasteiger partial charge on any atom is 0.306 e. The quantitative estimate of drug-likeness (QED) is 0.884. The zero-order chi connectivity index (χ0) is 18.8. The molecule has 7 nitrogen and oxygen atoms in total. The van der Waals surface area contributed by atoms with Gasteiger partial charge >= 0.3 is 5.97 Å². The van der Waals surface area contributed by atoms with Crippen LogP contribution in [0.2, 0.25) is 5.02 Å². The number of ether oxygens (including phenoxy) is 1. The first-order valence-corrected chi connectivity index (χ1v) is 8.69. The highest BCUT2D eigenvalue weighted by molar-refractivity contribution is 6.31. The summed E-state index contributed by atoms with van der Waals surface area (Å²) in [6, 6.07) is 7.11. The monoisotopic (exact) mass is 377 g/mol. The van der Waals surface area contributed by atoms with Gasteiger partial charge in [0.15, 0.2) is 0 Å². The van der Waals surface area contributed by atoms with Crippen molar-refractivity contribution in [3.05, 3.63) is 46.2 Å². The number of aromatic nitrogens is 2. The van der Waals surface area contributed by atoms with Gasteiger partial charge in [-0.05, 0) is 38.1 Å². The van der Waals surface area contributed by atoms with Gasteiger partial charge in [-0.2, -0.15) is 5.10 Å². The predicted octanol–water partition coefficient (Wildman–Crippen LogP) is 2.46. The molecular formula is C18H20ClN3O4. The zero-order valence-electron chi connectivity index (χ0n) is 14.6. The van der Waals surface area contributed by atoms with E-state index in [1.54, 1.807) is 21.7 Å². The zero-order valence-corrected chi connectivity index (χ0v) is 15.4. The van der Waals surface area contributed by atoms with Gasteiger partial charge in [0.2, 0.25) is 0 Å². The molecule has 0 saturated carbocycles. The van der Waals surface area contributed by atoms with E-state index in [2.05, 4.69) is 5.10 Å². The molecule has 1 N–H and O–H groups in total. The first kappa shape index (κ1) is 18.4. The number of amides is 1. The van der Waals surface area contributed by atoms with Gasteiger partial charge < -0.3 is 14.7 Å². The lowest BCUT2D eigenvalue weighted by atomic mass is 10.1. The molecule has 1 aromatic carbocycles. The molecule has 1 atom stereocenters. The van der Waals surface area contributed by atoms with Crippen molar-refractivity contribution in [1.82, 2.24) is 14.7 Å². The van der Waals surface area contributed by atoms with E-state index in [9.17, 15) is 9.59 Å². The number of benzene rings is 1. The highest BCUT2D eigenvalue weighted by atomic mass is 35.5. The minimum absolute atomic E-state index is 0.110. The van der Waals surface area contributed by atoms with Crippen LogP contribution >= 0.6 is 11.6 Å². The predicted molar refractivity (Wildman–Crippen MR) is 95.9 cm³/mol. The third-order valence-electron chi connectivity index (χ3n) is 4.39. The number of aryl methyl sites for hydroxylation is 1. The summed E-state index contributed by atoms with van der Waals surface area (Å²) < 4.78 is 7.15. The molecule has 26 heavy (non-hydrogen) atoms. The van der Waals surface area contributed by atoms with Gasteiger partial charge in [0, 0.05) is 18.7 Å². The summed E-state index contributed by atoms with van der Waals surface area (Å²) in [7, 11) is 0. The number of rotatable bonds is 4. The summed E-state index contributed by atoms with van der Waals surface area (Å²) >= 11 is 6.18. The molecule has 1 amide bonds. The highest BCUT2D eigenvalue weighted by Crippen LogP contribution is 2.23. The number of carboxylic acid groups (broad SMARTS) is 1. The third-order valence-corrected chi connectivity index (χ3v) is 4.94.